The van der Waals surface area contributed by atoms with Crippen molar-refractivity contribution in [1.82, 2.24) is 0 Å². The minimum absolute atomic E-state index is 2.05. The molecule has 0 spiro atoms. The molecule has 0 amide bonds. The molecule has 0 radical (unpaired) electrons. The van der Waals surface area contributed by atoms with E-state index < -0.39 is 37.0 Å². The van der Waals surface area contributed by atoms with Gasteiger partial charge in [-0.2, -0.15) is 0 Å². The number of hydrogen-bond donors (Lipinski definition) is 0. The molecule has 0 saturated carbocycles. The van der Waals surface area contributed by atoms with Crippen LogP contribution >= 0.6 is 12.5 Å². The predicted molar refractivity (Wildman–Crippen MR) is 17.6 cm³/mol. The third-order valence-electron chi connectivity index (χ3n) is 0. The summed E-state index contributed by atoms with van der Waals surface area (Å²) in [5.74, 6) is 0. The van der Waals surface area contributed by atoms with E-state index in [-0.39, 0.29) is 0 Å². The molecule has 0 heterocycles. The van der Waals surface area contributed by atoms with Gasteiger partial charge in [-0.1, -0.05) is 0 Å². The van der Waals surface area contributed by atoms with Crippen molar-refractivity contribution in [3.8, 4) is 0 Å². The van der Waals surface area contributed by atoms with Crippen LogP contribution in [0.3, 0.4) is 0 Å². The average Bonchev–Trinajstić information content (AvgIpc) is 0.811. The van der Waals surface area contributed by atoms with E-state index in [0.29, 0.717) is 0 Å². The van der Waals surface area contributed by atoms with E-state index in [9.17, 15) is 0 Å². The molecule has 0 rings (SSSR count). The first-order valence-electron chi connectivity index (χ1n) is 0.429. The first-order valence-corrected chi connectivity index (χ1v) is 9.54. The van der Waals surface area contributed by atoms with E-state index in [1.165, 1.54) is 0 Å². The van der Waals surface area contributed by atoms with Gasteiger partial charge in [-0.3, -0.25) is 0 Å². The zero-order valence-corrected chi connectivity index (χ0v) is 6.20. The maximum absolute atomic E-state index is 4.99. The van der Waals surface area contributed by atoms with Gasteiger partial charge in [-0.15, -0.1) is 0 Å². The first-order chi connectivity index (χ1) is 1.73. The molecule has 0 aliphatic carbocycles. The monoisotopic (exact) mass is 258 g/mol. The van der Waals surface area contributed by atoms with Crippen molar-refractivity contribution < 1.29 is 37.0 Å². The van der Waals surface area contributed by atoms with Crippen LogP contribution in [0.2, 0.25) is 0 Å². The summed E-state index contributed by atoms with van der Waals surface area (Å²) in [7, 11) is 0. The van der Waals surface area contributed by atoms with E-state index in [4.69, 9.17) is 12.5 Å². The van der Waals surface area contributed by atoms with E-state index in [1.807, 2.05) is 0 Å². The van der Waals surface area contributed by atoms with Crippen molar-refractivity contribution in [1.29, 1.82) is 0 Å². The van der Waals surface area contributed by atoms with E-state index in [1.54, 1.807) is 0 Å². The van der Waals surface area contributed by atoms with E-state index in [0.717, 1.165) is 0 Å². The molecule has 0 N–H and O–H groups in total. The summed E-state index contributed by atoms with van der Waals surface area (Å²) >= 11 is -2.05. The Balaban J connectivity index is 2.32. The normalized spacial score (nSPS) is 11.2. The quantitative estimate of drug-likeness (QED) is 0.624. The molecule has 28 valence electrons. The SMILES string of the molecule is [Cl][Eu]([Cl])[Cl]. The number of rotatable bonds is 0. The van der Waals surface area contributed by atoms with Crippen molar-refractivity contribution in [2.45, 2.75) is 0 Å². The Morgan fingerprint density at radius 2 is 1.00 bits per heavy atom. The summed E-state index contributed by atoms with van der Waals surface area (Å²) in [5, 5.41) is 0. The Bertz CT molecular complexity index is 8.00. The van der Waals surface area contributed by atoms with Gasteiger partial charge in [0.2, 0.25) is 0 Å². The molecular formula is Cl3Eu. The molecule has 4 heavy (non-hydrogen) atoms. The van der Waals surface area contributed by atoms with Gasteiger partial charge in [0.15, 0.2) is 0 Å². The first kappa shape index (κ1) is 6.45. The van der Waals surface area contributed by atoms with E-state index >= 15 is 0 Å². The predicted octanol–water partition coefficient (Wildman–Crippen LogP) is 2.07. The van der Waals surface area contributed by atoms with Gasteiger partial charge in [-0.25, -0.2) is 0 Å². The minimum atomic E-state index is -2.05. The van der Waals surface area contributed by atoms with Gasteiger partial charge in [0.25, 0.3) is 0 Å². The fourth-order valence-corrected chi connectivity index (χ4v) is 0. The number of halogens is 3. The average molecular weight is 258 g/mol. The molecule has 0 nitrogen and oxygen atoms in total. The Labute approximate surface area is 47.7 Å². The van der Waals surface area contributed by atoms with Gasteiger partial charge in [0.05, 0.1) is 0 Å². The molecule has 0 bridgehead atoms. The van der Waals surface area contributed by atoms with Crippen LogP contribution in [0.25, 0.3) is 0 Å². The molecule has 0 aromatic heterocycles. The van der Waals surface area contributed by atoms with Crippen LogP contribution in [-0.2, 0) is 0 Å². The second-order valence-corrected chi connectivity index (χ2v) is 10.8. The van der Waals surface area contributed by atoms with Crippen molar-refractivity contribution in [3.05, 3.63) is 0 Å². The third kappa shape index (κ3) is 8.82. The summed E-state index contributed by atoms with van der Waals surface area (Å²) in [6.07, 6.45) is 0. The van der Waals surface area contributed by atoms with E-state index in [2.05, 4.69) is 0 Å². The molecule has 0 atom stereocenters. The molecule has 0 saturated heterocycles. The van der Waals surface area contributed by atoms with Crippen molar-refractivity contribution in [3.63, 3.8) is 0 Å². The summed E-state index contributed by atoms with van der Waals surface area (Å²) in [4.78, 5) is 0. The second-order valence-electron chi connectivity index (χ2n) is 0.162. The summed E-state index contributed by atoms with van der Waals surface area (Å²) in [6, 6.07) is 0. The van der Waals surface area contributed by atoms with Crippen LogP contribution in [0.1, 0.15) is 0 Å². The molecule has 4 heteroatoms. The molecule has 0 unspecified atom stereocenters. The summed E-state index contributed by atoms with van der Waals surface area (Å²) < 4.78 is 15.0. The zero-order chi connectivity index (χ0) is 3.58. The molecule has 0 aromatic rings. The second kappa shape index (κ2) is 3.64. The zero-order valence-electron chi connectivity index (χ0n) is 1.51. The topological polar surface area (TPSA) is 0 Å². The van der Waals surface area contributed by atoms with Gasteiger partial charge in [0.1, 0.15) is 0 Å². The number of hydrogen-bond acceptors (Lipinski definition) is 0. The molecular weight excluding hydrogens is 258 g/mol. The molecule has 0 aliphatic rings. The van der Waals surface area contributed by atoms with Crippen LogP contribution in [0.5, 0.6) is 0 Å². The van der Waals surface area contributed by atoms with Crippen LogP contribution in [0.4, 0.5) is 0 Å². The summed E-state index contributed by atoms with van der Waals surface area (Å²) in [5.41, 5.74) is 0. The Kier molecular flexibility index (Phi) is 5.87. The maximum atomic E-state index is 4.99. The van der Waals surface area contributed by atoms with Crippen LogP contribution in [0.15, 0.2) is 0 Å². The van der Waals surface area contributed by atoms with Crippen LogP contribution < -0.4 is 0 Å². The van der Waals surface area contributed by atoms with Crippen LogP contribution in [-0.4, -0.2) is 0 Å². The Morgan fingerprint density at radius 3 is 1.00 bits per heavy atom. The molecule has 0 aromatic carbocycles. The van der Waals surface area contributed by atoms with Crippen molar-refractivity contribution >= 4 is 12.5 Å². The van der Waals surface area contributed by atoms with Crippen LogP contribution in [0, 0.1) is 37.0 Å². The Morgan fingerprint density at radius 1 is 1.00 bits per heavy atom. The standard InChI is InChI=1S/3ClH.Eu/h3*1H;/q;;;+3/p-3. The Hall–Kier alpha value is 2.45. The van der Waals surface area contributed by atoms with Crippen molar-refractivity contribution in [2.24, 2.45) is 0 Å². The van der Waals surface area contributed by atoms with Gasteiger partial charge < -0.3 is 0 Å². The third-order valence-corrected chi connectivity index (χ3v) is 0. The fourth-order valence-electron chi connectivity index (χ4n) is 0. The molecule has 0 fully saturated rings. The fraction of sp³-hybridized carbons (Fsp3) is 0. The van der Waals surface area contributed by atoms with Crippen molar-refractivity contribution in [2.75, 3.05) is 0 Å². The molecule has 0 aliphatic heterocycles. The van der Waals surface area contributed by atoms with Gasteiger partial charge in [-0.05, 0) is 0 Å². The van der Waals surface area contributed by atoms with Gasteiger partial charge >= 0.3 is 49.4 Å². The summed E-state index contributed by atoms with van der Waals surface area (Å²) in [6.45, 7) is 0. The van der Waals surface area contributed by atoms with Gasteiger partial charge in [0, 0.05) is 0 Å².